The highest BCUT2D eigenvalue weighted by Gasteiger charge is 2.17. The third-order valence-electron chi connectivity index (χ3n) is 9.62. The van der Waals surface area contributed by atoms with Crippen molar-refractivity contribution < 1.29 is 4.42 Å². The molecule has 222 valence electrons. The second-order valence-corrected chi connectivity index (χ2v) is 12.7. The fraction of sp³-hybridized carbons (Fsp3) is 0.0435. The Bertz CT molecular complexity index is 2600. The van der Waals surface area contributed by atoms with Crippen LogP contribution in [-0.2, 0) is 0 Å². The van der Waals surface area contributed by atoms with Crippen molar-refractivity contribution in [1.29, 1.82) is 0 Å². The topological polar surface area (TPSA) is 13.1 Å². The first-order valence-corrected chi connectivity index (χ1v) is 16.2. The summed E-state index contributed by atoms with van der Waals surface area (Å²) in [6.45, 7) is 4.26. The zero-order valence-corrected chi connectivity index (χ0v) is 26.4. The molecule has 0 saturated carbocycles. The Balaban J connectivity index is 1.23. The third-order valence-corrected chi connectivity index (χ3v) is 9.62. The maximum absolute atomic E-state index is 6.68. The summed E-state index contributed by atoms with van der Waals surface area (Å²) in [6, 6.07) is 57.4. The smallest absolute Gasteiger partial charge is 0.143 e. The van der Waals surface area contributed by atoms with Crippen LogP contribution in [0.3, 0.4) is 0 Å². The molecule has 1 heteroatoms. The summed E-state index contributed by atoms with van der Waals surface area (Å²) in [6.07, 6.45) is 0. The van der Waals surface area contributed by atoms with Gasteiger partial charge in [-0.15, -0.1) is 0 Å². The van der Waals surface area contributed by atoms with Gasteiger partial charge in [-0.2, -0.15) is 0 Å². The molecular weight excluding hydrogens is 569 g/mol. The van der Waals surface area contributed by atoms with Gasteiger partial charge in [0.25, 0.3) is 0 Å². The number of fused-ring (bicyclic) bond motifs is 6. The van der Waals surface area contributed by atoms with Crippen molar-refractivity contribution in [2.75, 3.05) is 0 Å². The molecule has 0 aliphatic carbocycles. The van der Waals surface area contributed by atoms with Crippen LogP contribution >= 0.6 is 0 Å². The number of hydrogen-bond donors (Lipinski definition) is 0. The highest BCUT2D eigenvalue weighted by atomic mass is 16.3. The zero-order valence-electron chi connectivity index (χ0n) is 26.4. The van der Waals surface area contributed by atoms with Crippen LogP contribution in [0, 0.1) is 13.8 Å². The van der Waals surface area contributed by atoms with Crippen LogP contribution in [0.2, 0.25) is 0 Å². The molecule has 0 bridgehead atoms. The number of aryl methyl sites for hydroxylation is 2. The molecule has 9 rings (SSSR count). The van der Waals surface area contributed by atoms with Crippen molar-refractivity contribution in [2.45, 2.75) is 13.8 Å². The molecule has 9 aromatic rings. The Morgan fingerprint density at radius 2 is 0.872 bits per heavy atom. The van der Waals surface area contributed by atoms with Crippen molar-refractivity contribution in [3.8, 4) is 44.5 Å². The summed E-state index contributed by atoms with van der Waals surface area (Å²) in [5.41, 5.74) is 13.8. The fourth-order valence-corrected chi connectivity index (χ4v) is 7.05. The minimum absolute atomic E-state index is 0.900. The van der Waals surface area contributed by atoms with Gasteiger partial charge in [0.05, 0.1) is 0 Å². The molecule has 0 saturated heterocycles. The van der Waals surface area contributed by atoms with Gasteiger partial charge in [-0.3, -0.25) is 0 Å². The lowest BCUT2D eigenvalue weighted by Gasteiger charge is -2.12. The predicted octanol–water partition coefficient (Wildman–Crippen LogP) is 13.2. The van der Waals surface area contributed by atoms with Crippen LogP contribution in [0.15, 0.2) is 162 Å². The van der Waals surface area contributed by atoms with Gasteiger partial charge in [-0.1, -0.05) is 139 Å². The van der Waals surface area contributed by atoms with Crippen molar-refractivity contribution in [3.63, 3.8) is 0 Å². The van der Waals surface area contributed by atoms with Gasteiger partial charge in [0.1, 0.15) is 11.2 Å². The van der Waals surface area contributed by atoms with Crippen molar-refractivity contribution in [3.05, 3.63) is 169 Å². The minimum Gasteiger partial charge on any atom is -0.455 e. The van der Waals surface area contributed by atoms with E-state index in [1.807, 2.05) is 0 Å². The van der Waals surface area contributed by atoms with Gasteiger partial charge in [0, 0.05) is 16.3 Å². The second-order valence-electron chi connectivity index (χ2n) is 12.7. The van der Waals surface area contributed by atoms with E-state index in [9.17, 15) is 0 Å². The Hall–Kier alpha value is -5.92. The van der Waals surface area contributed by atoms with Crippen molar-refractivity contribution in [1.82, 2.24) is 0 Å². The van der Waals surface area contributed by atoms with E-state index in [0.717, 1.165) is 33.1 Å². The molecule has 1 heterocycles. The maximum Gasteiger partial charge on any atom is 0.143 e. The molecule has 0 aliphatic heterocycles. The van der Waals surface area contributed by atoms with Gasteiger partial charge in [-0.25, -0.2) is 0 Å². The van der Waals surface area contributed by atoms with Crippen molar-refractivity contribution >= 4 is 43.5 Å². The van der Waals surface area contributed by atoms with E-state index in [-0.39, 0.29) is 0 Å². The third kappa shape index (κ3) is 4.71. The van der Waals surface area contributed by atoms with E-state index in [1.165, 1.54) is 66.1 Å². The van der Waals surface area contributed by atoms with Crippen molar-refractivity contribution in [2.24, 2.45) is 0 Å². The molecule has 0 aliphatic rings. The first-order chi connectivity index (χ1) is 23.1. The Kier molecular flexibility index (Phi) is 6.33. The number of hydrogen-bond acceptors (Lipinski definition) is 1. The average Bonchev–Trinajstić information content (AvgIpc) is 3.49. The summed E-state index contributed by atoms with van der Waals surface area (Å²) < 4.78 is 6.68. The minimum atomic E-state index is 0.900. The quantitative estimate of drug-likeness (QED) is 0.183. The summed E-state index contributed by atoms with van der Waals surface area (Å²) in [4.78, 5) is 0. The van der Waals surface area contributed by atoms with E-state index in [2.05, 4.69) is 172 Å². The largest absolute Gasteiger partial charge is 0.455 e. The van der Waals surface area contributed by atoms with E-state index >= 15 is 0 Å². The number of rotatable bonds is 4. The van der Waals surface area contributed by atoms with E-state index in [4.69, 9.17) is 4.42 Å². The highest BCUT2D eigenvalue weighted by Crippen LogP contribution is 2.42. The summed E-state index contributed by atoms with van der Waals surface area (Å²) in [5.74, 6) is 0. The monoisotopic (exact) mass is 600 g/mol. The number of benzene rings is 8. The van der Waals surface area contributed by atoms with E-state index in [0.29, 0.717) is 0 Å². The molecule has 0 fully saturated rings. The molecular formula is C46H32O. The van der Waals surface area contributed by atoms with Crippen LogP contribution in [-0.4, -0.2) is 0 Å². The van der Waals surface area contributed by atoms with E-state index < -0.39 is 0 Å². The average molecular weight is 601 g/mol. The van der Waals surface area contributed by atoms with Gasteiger partial charge in [0.15, 0.2) is 0 Å². The van der Waals surface area contributed by atoms with Crippen LogP contribution in [0.1, 0.15) is 11.1 Å². The Morgan fingerprint density at radius 3 is 1.57 bits per heavy atom. The standard InChI is InChI=1S/C46H32O/c1-29-11-15-31(16-12-29)35-23-24-45-43(25-35)44-28-37(32-17-13-30(2)14-18-32)27-42(46(44)47-45)34-21-19-33(20-22-34)41-26-36-7-3-4-8-38(36)39-9-5-6-10-40(39)41/h3-28H,1-2H3. The molecule has 8 aromatic carbocycles. The second kappa shape index (κ2) is 10.9. The van der Waals surface area contributed by atoms with Crippen LogP contribution < -0.4 is 0 Å². The SMILES string of the molecule is Cc1ccc(-c2ccc3oc4c(-c5ccc(-c6cc7ccccc7c7ccccc67)cc5)cc(-c5ccc(C)cc5)cc4c3c2)cc1. The van der Waals surface area contributed by atoms with Gasteiger partial charge in [-0.05, 0) is 105 Å². The van der Waals surface area contributed by atoms with Gasteiger partial charge in [0.2, 0.25) is 0 Å². The first-order valence-electron chi connectivity index (χ1n) is 16.2. The molecule has 0 spiro atoms. The predicted molar refractivity (Wildman–Crippen MR) is 200 cm³/mol. The van der Waals surface area contributed by atoms with Crippen LogP contribution in [0.4, 0.5) is 0 Å². The molecule has 0 unspecified atom stereocenters. The highest BCUT2D eigenvalue weighted by molar-refractivity contribution is 6.14. The van der Waals surface area contributed by atoms with Gasteiger partial charge < -0.3 is 4.42 Å². The van der Waals surface area contributed by atoms with Crippen LogP contribution in [0.5, 0.6) is 0 Å². The maximum atomic E-state index is 6.68. The summed E-state index contributed by atoms with van der Waals surface area (Å²) >= 11 is 0. The number of furan rings is 1. The zero-order chi connectivity index (χ0) is 31.5. The molecule has 0 N–H and O–H groups in total. The van der Waals surface area contributed by atoms with E-state index in [1.54, 1.807) is 0 Å². The molecule has 1 nitrogen and oxygen atoms in total. The molecule has 47 heavy (non-hydrogen) atoms. The lowest BCUT2D eigenvalue weighted by Crippen LogP contribution is -1.87. The molecule has 0 radical (unpaired) electrons. The lowest BCUT2D eigenvalue weighted by molar-refractivity contribution is 0.670. The summed E-state index contributed by atoms with van der Waals surface area (Å²) in [7, 11) is 0. The Labute approximate surface area is 274 Å². The fourth-order valence-electron chi connectivity index (χ4n) is 7.05. The molecule has 1 aromatic heterocycles. The normalized spacial score (nSPS) is 11.6. The lowest BCUT2D eigenvalue weighted by atomic mass is 9.91. The Morgan fingerprint density at radius 1 is 0.340 bits per heavy atom. The first kappa shape index (κ1) is 27.4. The van der Waals surface area contributed by atoms with Crippen LogP contribution in [0.25, 0.3) is 88.0 Å². The molecule has 0 atom stereocenters. The summed E-state index contributed by atoms with van der Waals surface area (Å²) in [5, 5.41) is 7.35. The molecule has 0 amide bonds. The van der Waals surface area contributed by atoms with Gasteiger partial charge >= 0.3 is 0 Å².